The molecule has 1 heterocycles. The number of ether oxygens (including phenoxy) is 1. The second-order valence-corrected chi connectivity index (χ2v) is 5.79. The first-order valence-electron chi connectivity index (χ1n) is 7.35. The van der Waals surface area contributed by atoms with Crippen LogP contribution in [-0.2, 0) is 11.2 Å². The molecule has 11 heteroatoms. The zero-order chi connectivity index (χ0) is 18.2. The van der Waals surface area contributed by atoms with Crippen LogP contribution in [0.3, 0.4) is 0 Å². The zero-order valence-electron chi connectivity index (χ0n) is 13.0. The summed E-state index contributed by atoms with van der Waals surface area (Å²) < 4.78 is 32.9. The van der Waals surface area contributed by atoms with E-state index in [9.17, 15) is 18.9 Å². The van der Waals surface area contributed by atoms with Gasteiger partial charge in [0.1, 0.15) is 11.6 Å². The first-order valence-corrected chi connectivity index (χ1v) is 8.47. The summed E-state index contributed by atoms with van der Waals surface area (Å²) in [5.41, 5.74) is 0.159. The molecule has 2 rings (SSSR count). The molecule has 136 valence electrons. The van der Waals surface area contributed by atoms with Gasteiger partial charge in [-0.3, -0.25) is 0 Å². The highest BCUT2D eigenvalue weighted by Crippen LogP contribution is 2.25. The normalized spacial score (nSPS) is 12.1. The van der Waals surface area contributed by atoms with E-state index in [-0.39, 0.29) is 17.8 Å². The number of alkyl halides is 1. The average Bonchev–Trinajstić information content (AvgIpc) is 2.97. The fraction of sp³-hybridized carbons (Fsp3) is 0.429. The van der Waals surface area contributed by atoms with E-state index in [1.165, 1.54) is 6.07 Å². The Hall–Kier alpha value is -2.14. The maximum absolute atomic E-state index is 14.1. The predicted molar refractivity (Wildman–Crippen MR) is 85.4 cm³/mol. The summed E-state index contributed by atoms with van der Waals surface area (Å²) in [6, 6.07) is 3.20. The standard InChI is InChI=1S/C14H15BrF2N4O4/c15-5-1-2-6-24-13(11-4-3-10(16)7-12(11)17)8-14-18-9-20(19-14)25-21(22)23/h3-4,7,9,13H,1-2,5-6,8H2. The van der Waals surface area contributed by atoms with Crippen molar-refractivity contribution in [1.29, 1.82) is 0 Å². The lowest BCUT2D eigenvalue weighted by atomic mass is 10.1. The van der Waals surface area contributed by atoms with Gasteiger partial charge in [0.25, 0.3) is 0 Å². The predicted octanol–water partition coefficient (Wildman–Crippen LogP) is 2.65. The van der Waals surface area contributed by atoms with Crippen molar-refractivity contribution in [3.63, 3.8) is 0 Å². The first-order chi connectivity index (χ1) is 12.0. The number of unbranched alkanes of at least 4 members (excludes halogenated alkanes) is 1. The SMILES string of the molecule is O=[N+]([O-])On1cnc(CC(OCCCCBr)c2ccc(F)cc2F)n1. The van der Waals surface area contributed by atoms with Crippen LogP contribution in [0.4, 0.5) is 8.78 Å². The van der Waals surface area contributed by atoms with Gasteiger partial charge in [-0.05, 0) is 24.0 Å². The van der Waals surface area contributed by atoms with Gasteiger partial charge in [-0.2, -0.15) is 9.92 Å². The van der Waals surface area contributed by atoms with E-state index in [1.807, 2.05) is 0 Å². The van der Waals surface area contributed by atoms with Crippen LogP contribution in [0.15, 0.2) is 24.5 Å². The van der Waals surface area contributed by atoms with Gasteiger partial charge in [-0.15, -0.1) is 0 Å². The third-order valence-electron chi connectivity index (χ3n) is 3.19. The van der Waals surface area contributed by atoms with Gasteiger partial charge >= 0.3 is 0 Å². The second kappa shape index (κ2) is 9.37. The molecule has 0 saturated heterocycles. The third kappa shape index (κ3) is 6.02. The molecule has 0 saturated carbocycles. The molecule has 0 aliphatic rings. The third-order valence-corrected chi connectivity index (χ3v) is 3.75. The number of hydrogen-bond donors (Lipinski definition) is 0. The van der Waals surface area contributed by atoms with E-state index < -0.39 is 22.8 Å². The van der Waals surface area contributed by atoms with Gasteiger partial charge in [-0.1, -0.05) is 22.0 Å². The van der Waals surface area contributed by atoms with Crippen molar-refractivity contribution in [2.45, 2.75) is 25.4 Å². The molecule has 1 aromatic heterocycles. The molecule has 0 bridgehead atoms. The Balaban J connectivity index is 2.13. The number of benzene rings is 1. The monoisotopic (exact) mass is 420 g/mol. The van der Waals surface area contributed by atoms with Crippen LogP contribution >= 0.6 is 15.9 Å². The van der Waals surface area contributed by atoms with Crippen LogP contribution in [0.5, 0.6) is 0 Å². The van der Waals surface area contributed by atoms with Crippen molar-refractivity contribution in [2.24, 2.45) is 0 Å². The van der Waals surface area contributed by atoms with Crippen molar-refractivity contribution >= 4 is 15.9 Å². The molecular formula is C14H15BrF2N4O4. The molecule has 0 fully saturated rings. The average molecular weight is 421 g/mol. The zero-order valence-corrected chi connectivity index (χ0v) is 14.6. The number of halogens is 3. The number of rotatable bonds is 10. The molecule has 1 aromatic carbocycles. The van der Waals surface area contributed by atoms with Crippen LogP contribution < -0.4 is 4.94 Å². The molecule has 2 aromatic rings. The van der Waals surface area contributed by atoms with Crippen LogP contribution in [0.1, 0.15) is 30.3 Å². The molecule has 1 unspecified atom stereocenters. The summed E-state index contributed by atoms with van der Waals surface area (Å²) in [6.45, 7) is 0.360. The van der Waals surface area contributed by atoms with Crippen molar-refractivity contribution in [3.8, 4) is 0 Å². The van der Waals surface area contributed by atoms with Crippen molar-refractivity contribution in [1.82, 2.24) is 14.9 Å². The molecule has 25 heavy (non-hydrogen) atoms. The van der Waals surface area contributed by atoms with Crippen molar-refractivity contribution in [2.75, 3.05) is 11.9 Å². The van der Waals surface area contributed by atoms with Gasteiger partial charge in [-0.25, -0.2) is 18.9 Å². The Morgan fingerprint density at radius 1 is 1.36 bits per heavy atom. The summed E-state index contributed by atoms with van der Waals surface area (Å²) >= 11 is 3.31. The van der Waals surface area contributed by atoms with E-state index >= 15 is 0 Å². The minimum atomic E-state index is -1.04. The highest BCUT2D eigenvalue weighted by molar-refractivity contribution is 9.09. The highest BCUT2D eigenvalue weighted by Gasteiger charge is 2.21. The Labute approximate surface area is 149 Å². The molecular weight excluding hydrogens is 406 g/mol. The molecule has 0 aliphatic carbocycles. The summed E-state index contributed by atoms with van der Waals surface area (Å²) in [6.07, 6.45) is 1.92. The second-order valence-electron chi connectivity index (χ2n) is 4.99. The molecule has 0 radical (unpaired) electrons. The number of nitrogens with zero attached hydrogens (tertiary/aromatic N) is 4. The van der Waals surface area contributed by atoms with E-state index in [2.05, 4.69) is 31.0 Å². The Morgan fingerprint density at radius 2 is 2.16 bits per heavy atom. The summed E-state index contributed by atoms with van der Waals surface area (Å²) in [5.74, 6) is -1.27. The van der Waals surface area contributed by atoms with Crippen LogP contribution in [-0.4, -0.2) is 32.0 Å². The Kier molecular flexibility index (Phi) is 7.19. The van der Waals surface area contributed by atoms with E-state index in [4.69, 9.17) is 4.74 Å². The van der Waals surface area contributed by atoms with Crippen molar-refractivity contribution in [3.05, 3.63) is 57.7 Å². The van der Waals surface area contributed by atoms with Crippen LogP contribution in [0.25, 0.3) is 0 Å². The fourth-order valence-corrected chi connectivity index (χ4v) is 2.49. The minimum Gasteiger partial charge on any atom is -0.373 e. The summed E-state index contributed by atoms with van der Waals surface area (Å²) in [4.78, 5) is 18.9. The van der Waals surface area contributed by atoms with Gasteiger partial charge in [0.2, 0.25) is 6.33 Å². The maximum atomic E-state index is 14.1. The summed E-state index contributed by atoms with van der Waals surface area (Å²) in [7, 11) is 0. The fourth-order valence-electron chi connectivity index (χ4n) is 2.09. The smallest absolute Gasteiger partial charge is 0.241 e. The lowest BCUT2D eigenvalue weighted by Gasteiger charge is -2.17. The lowest BCUT2D eigenvalue weighted by Crippen LogP contribution is -2.19. The molecule has 0 N–H and O–H groups in total. The largest absolute Gasteiger partial charge is 0.373 e. The van der Waals surface area contributed by atoms with Gasteiger partial charge < -0.3 is 4.74 Å². The van der Waals surface area contributed by atoms with Gasteiger partial charge in [0.15, 0.2) is 10.9 Å². The first kappa shape index (κ1) is 19.2. The quantitative estimate of drug-likeness (QED) is 0.254. The molecule has 8 nitrogen and oxygen atoms in total. The van der Waals surface area contributed by atoms with E-state index in [0.29, 0.717) is 11.5 Å². The number of aromatic nitrogens is 3. The topological polar surface area (TPSA) is 92.3 Å². The molecule has 0 amide bonds. The van der Waals surface area contributed by atoms with Gasteiger partial charge in [0, 0.05) is 34.8 Å². The van der Waals surface area contributed by atoms with Crippen LogP contribution in [0.2, 0.25) is 0 Å². The van der Waals surface area contributed by atoms with Crippen LogP contribution in [0, 0.1) is 21.7 Å². The Morgan fingerprint density at radius 3 is 2.84 bits per heavy atom. The molecule has 1 atom stereocenters. The van der Waals surface area contributed by atoms with Crippen molar-refractivity contribution < 1.29 is 23.5 Å². The molecule has 0 aliphatic heterocycles. The summed E-state index contributed by atoms with van der Waals surface area (Å²) in [5, 5.41) is 13.8. The van der Waals surface area contributed by atoms with E-state index in [1.54, 1.807) is 0 Å². The minimum absolute atomic E-state index is 0.0466. The van der Waals surface area contributed by atoms with E-state index in [0.717, 1.165) is 36.6 Å². The highest BCUT2D eigenvalue weighted by atomic mass is 79.9. The molecule has 0 spiro atoms. The number of hydrogen-bond acceptors (Lipinski definition) is 6. The van der Waals surface area contributed by atoms with Gasteiger partial charge in [0.05, 0.1) is 6.10 Å². The maximum Gasteiger partial charge on any atom is 0.241 e. The Bertz CT molecular complexity index is 716. The lowest BCUT2D eigenvalue weighted by molar-refractivity contribution is -0.752.